The van der Waals surface area contributed by atoms with Crippen LogP contribution in [0.5, 0.6) is 0 Å². The minimum atomic E-state index is -0.321. The molecule has 16 heavy (non-hydrogen) atoms. The molecule has 0 atom stereocenters. The number of carbonyl (C=O) groups excluding carboxylic acids is 1. The predicted molar refractivity (Wildman–Crippen MR) is 66.4 cm³/mol. The fraction of sp³-hybridized carbons (Fsp3) is 0.364. The lowest BCUT2D eigenvalue weighted by atomic mass is 10.1. The minimum absolute atomic E-state index is 0.117. The summed E-state index contributed by atoms with van der Waals surface area (Å²) in [6.07, 6.45) is 0.117. The Bertz CT molecular complexity index is 391. The Labute approximate surface area is 109 Å². The molecule has 0 spiro atoms. The molecule has 2 nitrogen and oxygen atoms in total. The number of hydrogen-bond acceptors (Lipinski definition) is 2. The van der Waals surface area contributed by atoms with Crippen LogP contribution in [0.4, 0.5) is 0 Å². The van der Waals surface area contributed by atoms with Crippen LogP contribution in [0.1, 0.15) is 18.1 Å². The van der Waals surface area contributed by atoms with E-state index in [1.54, 1.807) is 19.1 Å². The maximum Gasteiger partial charge on any atom is 0.310 e. The van der Waals surface area contributed by atoms with Crippen LogP contribution in [-0.4, -0.2) is 12.6 Å². The van der Waals surface area contributed by atoms with Crippen molar-refractivity contribution in [1.82, 2.24) is 0 Å². The third-order valence-corrected chi connectivity index (χ3v) is 2.87. The predicted octanol–water partition coefficient (Wildman–Crippen LogP) is 3.84. The molecule has 0 heterocycles. The molecule has 1 aromatic carbocycles. The average molecular weight is 282 g/mol. The first kappa shape index (κ1) is 13.6. The van der Waals surface area contributed by atoms with Gasteiger partial charge in [-0.25, -0.2) is 0 Å². The summed E-state index contributed by atoms with van der Waals surface area (Å²) >= 11 is 17.6. The molecule has 0 bridgehead atoms. The highest BCUT2D eigenvalue weighted by Gasteiger charge is 2.13. The lowest BCUT2D eigenvalue weighted by Crippen LogP contribution is -2.09. The van der Waals surface area contributed by atoms with Crippen molar-refractivity contribution in [3.8, 4) is 0 Å². The van der Waals surface area contributed by atoms with E-state index in [0.717, 1.165) is 5.56 Å². The Morgan fingerprint density at radius 2 is 2.06 bits per heavy atom. The van der Waals surface area contributed by atoms with Crippen molar-refractivity contribution in [3.05, 3.63) is 33.3 Å². The van der Waals surface area contributed by atoms with Crippen LogP contribution in [0.25, 0.3) is 0 Å². The topological polar surface area (TPSA) is 26.3 Å². The van der Waals surface area contributed by atoms with Crippen LogP contribution < -0.4 is 0 Å². The molecule has 0 fully saturated rings. The van der Waals surface area contributed by atoms with Crippen LogP contribution >= 0.6 is 34.8 Å². The fourth-order valence-electron chi connectivity index (χ4n) is 1.33. The highest BCUT2D eigenvalue weighted by atomic mass is 35.5. The summed E-state index contributed by atoms with van der Waals surface area (Å²) in [5.74, 6) is -0.0623. The second-order valence-electron chi connectivity index (χ2n) is 3.14. The minimum Gasteiger partial charge on any atom is -0.466 e. The SMILES string of the molecule is CCOC(=O)Cc1c(Cl)cc(Cl)cc1CCl. The quantitative estimate of drug-likeness (QED) is 0.619. The molecular weight excluding hydrogens is 270 g/mol. The van der Waals surface area contributed by atoms with Crippen molar-refractivity contribution >= 4 is 40.8 Å². The molecular formula is C11H11Cl3O2. The summed E-state index contributed by atoms with van der Waals surface area (Å²) in [5, 5.41) is 0.949. The molecule has 0 aliphatic rings. The summed E-state index contributed by atoms with van der Waals surface area (Å²) in [7, 11) is 0. The Morgan fingerprint density at radius 3 is 2.62 bits per heavy atom. The Morgan fingerprint density at radius 1 is 1.38 bits per heavy atom. The number of halogens is 3. The summed E-state index contributed by atoms with van der Waals surface area (Å²) < 4.78 is 4.86. The summed E-state index contributed by atoms with van der Waals surface area (Å²) in [5.41, 5.74) is 1.44. The zero-order valence-electron chi connectivity index (χ0n) is 8.73. The number of benzene rings is 1. The zero-order chi connectivity index (χ0) is 12.1. The Hall–Kier alpha value is -0.440. The van der Waals surface area contributed by atoms with Crippen molar-refractivity contribution in [3.63, 3.8) is 0 Å². The van der Waals surface area contributed by atoms with Crippen molar-refractivity contribution in [2.45, 2.75) is 19.2 Å². The Balaban J connectivity index is 2.98. The van der Waals surface area contributed by atoms with Crippen molar-refractivity contribution < 1.29 is 9.53 Å². The van der Waals surface area contributed by atoms with Gasteiger partial charge in [-0.2, -0.15) is 0 Å². The van der Waals surface area contributed by atoms with E-state index in [4.69, 9.17) is 39.5 Å². The van der Waals surface area contributed by atoms with Crippen LogP contribution in [-0.2, 0) is 21.8 Å². The average Bonchev–Trinajstić information content (AvgIpc) is 2.22. The highest BCUT2D eigenvalue weighted by Crippen LogP contribution is 2.27. The highest BCUT2D eigenvalue weighted by molar-refractivity contribution is 6.35. The van der Waals surface area contributed by atoms with Crippen LogP contribution in [0.3, 0.4) is 0 Å². The van der Waals surface area contributed by atoms with Gasteiger partial charge in [0, 0.05) is 15.9 Å². The number of alkyl halides is 1. The van der Waals surface area contributed by atoms with Gasteiger partial charge >= 0.3 is 5.97 Å². The molecule has 0 unspecified atom stereocenters. The van der Waals surface area contributed by atoms with Gasteiger partial charge in [-0.05, 0) is 30.2 Å². The number of ether oxygens (including phenoxy) is 1. The molecule has 0 saturated heterocycles. The van der Waals surface area contributed by atoms with E-state index >= 15 is 0 Å². The zero-order valence-corrected chi connectivity index (χ0v) is 11.0. The van der Waals surface area contributed by atoms with Crippen LogP contribution in [0, 0.1) is 0 Å². The number of esters is 1. The molecule has 0 aromatic heterocycles. The van der Waals surface area contributed by atoms with Gasteiger partial charge < -0.3 is 4.74 Å². The largest absolute Gasteiger partial charge is 0.466 e. The Kier molecular flexibility index (Phi) is 5.39. The summed E-state index contributed by atoms with van der Waals surface area (Å²) in [6.45, 7) is 2.10. The van der Waals surface area contributed by atoms with Gasteiger partial charge in [0.15, 0.2) is 0 Å². The molecule has 0 radical (unpaired) electrons. The third kappa shape index (κ3) is 3.55. The molecule has 1 rings (SSSR count). The van der Waals surface area contributed by atoms with E-state index in [1.165, 1.54) is 0 Å². The molecule has 0 N–H and O–H groups in total. The number of hydrogen-bond donors (Lipinski definition) is 0. The van der Waals surface area contributed by atoms with E-state index in [-0.39, 0.29) is 18.3 Å². The second-order valence-corrected chi connectivity index (χ2v) is 4.25. The van der Waals surface area contributed by atoms with Crippen LogP contribution in [0.2, 0.25) is 10.0 Å². The molecule has 0 amide bonds. The molecule has 0 aliphatic heterocycles. The monoisotopic (exact) mass is 280 g/mol. The van der Waals surface area contributed by atoms with E-state index in [2.05, 4.69) is 0 Å². The number of rotatable bonds is 4. The molecule has 0 aliphatic carbocycles. The van der Waals surface area contributed by atoms with Gasteiger partial charge in [0.25, 0.3) is 0 Å². The standard InChI is InChI=1S/C11H11Cl3O2/c1-2-16-11(15)5-9-7(6-12)3-8(13)4-10(9)14/h3-4H,2,5-6H2,1H3. The van der Waals surface area contributed by atoms with Crippen molar-refractivity contribution in [1.29, 1.82) is 0 Å². The van der Waals surface area contributed by atoms with Gasteiger partial charge in [-0.1, -0.05) is 23.2 Å². The van der Waals surface area contributed by atoms with E-state index in [1.807, 2.05) is 0 Å². The maximum atomic E-state index is 11.4. The van der Waals surface area contributed by atoms with Crippen LogP contribution in [0.15, 0.2) is 12.1 Å². The first-order chi connectivity index (χ1) is 7.58. The second kappa shape index (κ2) is 6.33. The fourth-order valence-corrected chi connectivity index (χ4v) is 2.17. The van der Waals surface area contributed by atoms with Gasteiger partial charge in [0.1, 0.15) is 0 Å². The van der Waals surface area contributed by atoms with Gasteiger partial charge in [0.05, 0.1) is 13.0 Å². The van der Waals surface area contributed by atoms with E-state index in [0.29, 0.717) is 22.2 Å². The molecule has 5 heteroatoms. The van der Waals surface area contributed by atoms with Gasteiger partial charge in [-0.3, -0.25) is 4.79 Å². The van der Waals surface area contributed by atoms with Crippen molar-refractivity contribution in [2.24, 2.45) is 0 Å². The number of carbonyl (C=O) groups is 1. The molecule has 0 saturated carbocycles. The summed E-state index contributed by atoms with van der Waals surface area (Å²) in [4.78, 5) is 11.4. The lowest BCUT2D eigenvalue weighted by molar-refractivity contribution is -0.142. The smallest absolute Gasteiger partial charge is 0.310 e. The third-order valence-electron chi connectivity index (χ3n) is 2.02. The molecule has 1 aromatic rings. The first-order valence-corrected chi connectivity index (χ1v) is 6.06. The van der Waals surface area contributed by atoms with E-state index < -0.39 is 0 Å². The van der Waals surface area contributed by atoms with E-state index in [9.17, 15) is 4.79 Å². The summed E-state index contributed by atoms with van der Waals surface area (Å²) in [6, 6.07) is 3.29. The van der Waals surface area contributed by atoms with Crippen molar-refractivity contribution in [2.75, 3.05) is 6.61 Å². The lowest BCUT2D eigenvalue weighted by Gasteiger charge is -2.09. The van der Waals surface area contributed by atoms with Gasteiger partial charge in [-0.15, -0.1) is 11.6 Å². The maximum absolute atomic E-state index is 11.4. The first-order valence-electron chi connectivity index (χ1n) is 4.76. The normalized spacial score (nSPS) is 10.2. The van der Waals surface area contributed by atoms with Gasteiger partial charge in [0.2, 0.25) is 0 Å². The molecule has 88 valence electrons.